The Morgan fingerprint density at radius 2 is 1.05 bits per heavy atom. The Morgan fingerprint density at radius 3 is 1.83 bits per heavy atom. The zero-order valence-electron chi connectivity index (χ0n) is 38.0. The minimum absolute atomic E-state index is 0.0263. The second kappa shape index (κ2) is 13.9. The fourth-order valence-electron chi connectivity index (χ4n) is 11.0. The van der Waals surface area contributed by atoms with Crippen LogP contribution in [0.25, 0.3) is 53.6 Å². The third kappa shape index (κ3) is 5.94. The van der Waals surface area contributed by atoms with Crippen molar-refractivity contribution in [2.24, 2.45) is 0 Å². The molecule has 1 unspecified atom stereocenters. The molecule has 8 aromatic carbocycles. The smallest absolute Gasteiger partial charge is 0.0540 e. The van der Waals surface area contributed by atoms with Gasteiger partial charge in [-0.05, 0) is 127 Å². The Hall–Kier alpha value is -6.22. The molecule has 0 bridgehead atoms. The van der Waals surface area contributed by atoms with Crippen LogP contribution < -0.4 is 4.90 Å². The monoisotopic (exact) mass is 833 g/mol. The Balaban J connectivity index is 1.19. The molecule has 1 heterocycles. The van der Waals surface area contributed by atoms with Crippen molar-refractivity contribution in [3.63, 3.8) is 0 Å². The van der Waals surface area contributed by atoms with Gasteiger partial charge in [0.2, 0.25) is 0 Å². The van der Waals surface area contributed by atoms with Crippen molar-refractivity contribution in [3.8, 4) is 33.4 Å². The van der Waals surface area contributed by atoms with E-state index >= 15 is 0 Å². The maximum Gasteiger partial charge on any atom is 0.0540 e. The first-order chi connectivity index (χ1) is 30.2. The predicted octanol–water partition coefficient (Wildman–Crippen LogP) is 17.4. The van der Waals surface area contributed by atoms with Gasteiger partial charge in [0.25, 0.3) is 0 Å². The number of hydrogen-bond donors (Lipinski definition) is 0. The molecular formula is C61H55NS. The van der Waals surface area contributed by atoms with Crippen molar-refractivity contribution in [2.75, 3.05) is 4.90 Å². The van der Waals surface area contributed by atoms with Gasteiger partial charge in [0.1, 0.15) is 0 Å². The van der Waals surface area contributed by atoms with Crippen molar-refractivity contribution in [3.05, 3.63) is 209 Å². The van der Waals surface area contributed by atoms with Crippen LogP contribution >= 0.6 is 11.3 Å². The van der Waals surface area contributed by atoms with Gasteiger partial charge in [-0.3, -0.25) is 0 Å². The maximum atomic E-state index is 2.55. The predicted molar refractivity (Wildman–Crippen MR) is 272 cm³/mol. The second-order valence-corrected chi connectivity index (χ2v) is 21.8. The van der Waals surface area contributed by atoms with Gasteiger partial charge in [0.05, 0.1) is 5.69 Å². The SMILES string of the molecule is CC(C)(C)c1cc(C(C)(C)C)c2c(c1)C(C)(C)c1cccc(-c3ccccc3N(c3ccc4c(c3)C(C)(c3ccccc3)c3ccccc3-4)c3ccc4sc5ccccc5c4c3)c1-2. The highest BCUT2D eigenvalue weighted by atomic mass is 32.1. The summed E-state index contributed by atoms with van der Waals surface area (Å²) in [7, 11) is 0. The van der Waals surface area contributed by atoms with E-state index in [-0.39, 0.29) is 21.7 Å². The highest BCUT2D eigenvalue weighted by Crippen LogP contribution is 2.58. The van der Waals surface area contributed by atoms with Crippen LogP contribution in [0.5, 0.6) is 0 Å². The summed E-state index contributed by atoms with van der Waals surface area (Å²) in [4.78, 5) is 2.55. The highest BCUT2D eigenvalue weighted by molar-refractivity contribution is 7.25. The summed E-state index contributed by atoms with van der Waals surface area (Å²) >= 11 is 1.87. The molecule has 1 aromatic heterocycles. The summed E-state index contributed by atoms with van der Waals surface area (Å²) in [5.74, 6) is 0. The quantitative estimate of drug-likeness (QED) is 0.167. The summed E-state index contributed by atoms with van der Waals surface area (Å²) in [6.45, 7) is 21.5. The van der Waals surface area contributed by atoms with Crippen LogP contribution in [-0.2, 0) is 21.7 Å². The number of rotatable bonds is 5. The number of hydrogen-bond acceptors (Lipinski definition) is 2. The third-order valence-electron chi connectivity index (χ3n) is 14.4. The zero-order chi connectivity index (χ0) is 43.6. The van der Waals surface area contributed by atoms with Crippen molar-refractivity contribution >= 4 is 48.6 Å². The van der Waals surface area contributed by atoms with Gasteiger partial charge >= 0.3 is 0 Å². The number of fused-ring (bicyclic) bond motifs is 9. The van der Waals surface area contributed by atoms with Gasteiger partial charge in [0.15, 0.2) is 0 Å². The van der Waals surface area contributed by atoms with Gasteiger partial charge in [0, 0.05) is 47.9 Å². The summed E-state index contributed by atoms with van der Waals surface area (Å²) in [5, 5.41) is 2.59. The molecule has 63 heavy (non-hydrogen) atoms. The molecule has 11 rings (SSSR count). The lowest BCUT2D eigenvalue weighted by Crippen LogP contribution is -2.22. The lowest BCUT2D eigenvalue weighted by atomic mass is 9.74. The Bertz CT molecular complexity index is 3290. The first kappa shape index (κ1) is 39.6. The molecule has 0 N–H and O–H groups in total. The number of anilines is 3. The molecule has 0 saturated heterocycles. The van der Waals surface area contributed by atoms with Gasteiger partial charge in [-0.2, -0.15) is 0 Å². The van der Waals surface area contributed by atoms with E-state index in [1.54, 1.807) is 0 Å². The van der Waals surface area contributed by atoms with Crippen LogP contribution in [0.1, 0.15) is 101 Å². The topological polar surface area (TPSA) is 3.24 Å². The lowest BCUT2D eigenvalue weighted by molar-refractivity contribution is 0.564. The number of benzene rings is 8. The van der Waals surface area contributed by atoms with E-state index in [9.17, 15) is 0 Å². The van der Waals surface area contributed by atoms with E-state index in [2.05, 4.69) is 237 Å². The number of nitrogens with zero attached hydrogens (tertiary/aromatic N) is 1. The standard InChI is InChI=1S/C61H55NS/c1-58(2,3)39-34-51(59(4,5)6)57-52(35-39)60(7,8)49-27-19-25-46(56(49)57)44-23-14-17-28-53(44)62(40-31-33-55-47(36-40)45-24-15-18-29-54(45)63-55)41-30-32-43-42-22-13-16-26-48(42)61(9,50(43)37-41)38-20-11-10-12-21-38/h10-37H,1-9H3. The number of thiophene rings is 1. The van der Waals surface area contributed by atoms with Crippen LogP contribution in [0.3, 0.4) is 0 Å². The normalized spacial score (nSPS) is 16.2. The fourth-order valence-corrected chi connectivity index (χ4v) is 12.1. The molecule has 1 nitrogen and oxygen atoms in total. The first-order valence-corrected chi connectivity index (χ1v) is 23.4. The van der Waals surface area contributed by atoms with E-state index in [1.807, 2.05) is 11.3 Å². The average Bonchev–Trinajstić information content (AvgIpc) is 3.86. The molecular weight excluding hydrogens is 779 g/mol. The molecule has 2 aliphatic carbocycles. The van der Waals surface area contributed by atoms with Gasteiger partial charge in [-0.15, -0.1) is 11.3 Å². The van der Waals surface area contributed by atoms with E-state index in [0.717, 1.165) is 17.1 Å². The molecule has 1 atom stereocenters. The van der Waals surface area contributed by atoms with E-state index < -0.39 is 0 Å². The average molecular weight is 834 g/mol. The summed E-state index contributed by atoms with van der Waals surface area (Å²) < 4.78 is 2.62. The van der Waals surface area contributed by atoms with Crippen LogP contribution in [-0.4, -0.2) is 0 Å². The van der Waals surface area contributed by atoms with Crippen LogP contribution in [0.2, 0.25) is 0 Å². The highest BCUT2D eigenvalue weighted by Gasteiger charge is 2.43. The molecule has 0 aliphatic heterocycles. The van der Waals surface area contributed by atoms with Crippen molar-refractivity contribution in [1.29, 1.82) is 0 Å². The Kier molecular flexibility index (Phi) is 8.73. The molecule has 310 valence electrons. The Labute approximate surface area is 377 Å². The first-order valence-electron chi connectivity index (χ1n) is 22.6. The lowest BCUT2D eigenvalue weighted by Gasteiger charge is -2.32. The van der Waals surface area contributed by atoms with Crippen LogP contribution in [0, 0.1) is 0 Å². The van der Waals surface area contributed by atoms with Crippen molar-refractivity contribution in [1.82, 2.24) is 0 Å². The molecule has 2 aliphatic rings. The van der Waals surface area contributed by atoms with Gasteiger partial charge in [-0.1, -0.05) is 183 Å². The van der Waals surface area contributed by atoms with Gasteiger partial charge in [-0.25, -0.2) is 0 Å². The minimum Gasteiger partial charge on any atom is -0.310 e. The molecule has 0 spiro atoms. The van der Waals surface area contributed by atoms with Crippen LogP contribution in [0.15, 0.2) is 170 Å². The molecule has 2 heteroatoms. The van der Waals surface area contributed by atoms with Crippen molar-refractivity contribution < 1.29 is 0 Å². The largest absolute Gasteiger partial charge is 0.310 e. The number of para-hydroxylation sites is 1. The summed E-state index contributed by atoms with van der Waals surface area (Å²) in [6.07, 6.45) is 0. The van der Waals surface area contributed by atoms with E-state index in [0.29, 0.717) is 0 Å². The fraction of sp³-hybridized carbons (Fsp3) is 0.213. The zero-order valence-corrected chi connectivity index (χ0v) is 38.8. The molecule has 0 fully saturated rings. The molecule has 9 aromatic rings. The second-order valence-electron chi connectivity index (χ2n) is 20.7. The van der Waals surface area contributed by atoms with E-state index in [1.165, 1.54) is 92.5 Å². The molecule has 0 amide bonds. The van der Waals surface area contributed by atoms with Gasteiger partial charge < -0.3 is 4.90 Å². The summed E-state index contributed by atoms with van der Waals surface area (Å²) in [6, 6.07) is 64.6. The maximum absolute atomic E-state index is 2.55. The molecule has 0 saturated carbocycles. The molecule has 0 radical (unpaired) electrons. The third-order valence-corrected chi connectivity index (χ3v) is 15.6. The van der Waals surface area contributed by atoms with Crippen molar-refractivity contribution in [2.45, 2.75) is 84.0 Å². The van der Waals surface area contributed by atoms with E-state index in [4.69, 9.17) is 0 Å². The van der Waals surface area contributed by atoms with Crippen LogP contribution in [0.4, 0.5) is 17.1 Å². The Morgan fingerprint density at radius 1 is 0.429 bits per heavy atom. The minimum atomic E-state index is -0.327. The summed E-state index contributed by atoms with van der Waals surface area (Å²) in [5.41, 5.74) is 20.5.